The lowest BCUT2D eigenvalue weighted by Crippen LogP contribution is -2.06. The zero-order valence-electron chi connectivity index (χ0n) is 10.8. The Morgan fingerprint density at radius 3 is 2.70 bits per heavy atom. The second-order valence-electron chi connectivity index (χ2n) is 3.65. The summed E-state index contributed by atoms with van der Waals surface area (Å²) >= 11 is 5.85. The number of carbonyl (C=O) groups excluding carboxylic acids is 1. The zero-order valence-corrected chi connectivity index (χ0v) is 11.5. The van der Waals surface area contributed by atoms with Crippen molar-refractivity contribution in [3.8, 4) is 17.2 Å². The largest absolute Gasteiger partial charge is 0.497 e. The molecule has 0 fully saturated rings. The first-order valence-electron chi connectivity index (χ1n) is 5.57. The van der Waals surface area contributed by atoms with E-state index in [1.165, 1.54) is 13.3 Å². The Labute approximate surface area is 120 Å². The van der Waals surface area contributed by atoms with Crippen molar-refractivity contribution in [2.75, 3.05) is 14.2 Å². The predicted molar refractivity (Wildman–Crippen MR) is 71.4 cm³/mol. The van der Waals surface area contributed by atoms with Gasteiger partial charge in [0.15, 0.2) is 10.9 Å². The number of halogens is 1. The minimum atomic E-state index is -0.650. The number of hydrogen-bond acceptors (Lipinski definition) is 6. The summed E-state index contributed by atoms with van der Waals surface area (Å²) in [7, 11) is 2.79. The lowest BCUT2D eigenvalue weighted by atomic mass is 10.3. The van der Waals surface area contributed by atoms with Gasteiger partial charge in [-0.25, -0.2) is 4.79 Å². The quantitative estimate of drug-likeness (QED) is 0.808. The second kappa shape index (κ2) is 6.21. The van der Waals surface area contributed by atoms with Crippen LogP contribution in [0.2, 0.25) is 5.15 Å². The lowest BCUT2D eigenvalue weighted by molar-refractivity contribution is 0.0597. The standard InChI is InChI=1S/C13H11ClN2O4/c1-18-8-4-3-5-9(6-8)20-10-7-15-16-12(14)11(10)13(17)19-2/h3-7H,1-2H3. The third kappa shape index (κ3) is 2.97. The molecule has 6 nitrogen and oxygen atoms in total. The van der Waals surface area contributed by atoms with Crippen molar-refractivity contribution in [2.45, 2.75) is 0 Å². The highest BCUT2D eigenvalue weighted by molar-refractivity contribution is 6.32. The molecule has 0 saturated carbocycles. The molecule has 104 valence electrons. The molecule has 1 aromatic heterocycles. The van der Waals surface area contributed by atoms with Gasteiger partial charge in [-0.05, 0) is 12.1 Å². The molecule has 0 amide bonds. The molecule has 0 spiro atoms. The zero-order chi connectivity index (χ0) is 14.5. The average molecular weight is 295 g/mol. The van der Waals surface area contributed by atoms with Gasteiger partial charge >= 0.3 is 5.97 Å². The third-order valence-corrected chi connectivity index (χ3v) is 2.70. The van der Waals surface area contributed by atoms with E-state index in [1.54, 1.807) is 31.4 Å². The summed E-state index contributed by atoms with van der Waals surface area (Å²) in [6.07, 6.45) is 1.29. The summed E-state index contributed by atoms with van der Waals surface area (Å²) < 4.78 is 15.3. The Bertz CT molecular complexity index is 634. The molecular formula is C13H11ClN2O4. The van der Waals surface area contributed by atoms with Gasteiger partial charge < -0.3 is 14.2 Å². The number of nitrogens with zero attached hydrogens (tertiary/aromatic N) is 2. The SMILES string of the molecule is COC(=O)c1c(Oc2cccc(OC)c2)cnnc1Cl. The highest BCUT2D eigenvalue weighted by Crippen LogP contribution is 2.30. The smallest absolute Gasteiger partial charge is 0.344 e. The normalized spacial score (nSPS) is 9.95. The van der Waals surface area contributed by atoms with Crippen LogP contribution in [0.5, 0.6) is 17.2 Å². The van der Waals surface area contributed by atoms with E-state index in [2.05, 4.69) is 14.9 Å². The number of rotatable bonds is 4. The Morgan fingerprint density at radius 2 is 2.00 bits per heavy atom. The van der Waals surface area contributed by atoms with Crippen LogP contribution in [-0.4, -0.2) is 30.4 Å². The number of methoxy groups -OCH3 is 2. The third-order valence-electron chi connectivity index (χ3n) is 2.43. The van der Waals surface area contributed by atoms with Crippen molar-refractivity contribution in [2.24, 2.45) is 0 Å². The maximum Gasteiger partial charge on any atom is 0.344 e. The molecule has 7 heteroatoms. The first kappa shape index (κ1) is 14.1. The molecule has 0 aliphatic heterocycles. The molecule has 0 aliphatic rings. The van der Waals surface area contributed by atoms with E-state index in [9.17, 15) is 4.79 Å². The summed E-state index contributed by atoms with van der Waals surface area (Å²) in [5.74, 6) is 0.599. The van der Waals surface area contributed by atoms with E-state index in [4.69, 9.17) is 21.1 Å². The molecular weight excluding hydrogens is 284 g/mol. The Morgan fingerprint density at radius 1 is 1.25 bits per heavy atom. The van der Waals surface area contributed by atoms with E-state index < -0.39 is 5.97 Å². The molecule has 0 atom stereocenters. The van der Waals surface area contributed by atoms with Gasteiger partial charge in [0.2, 0.25) is 0 Å². The Kier molecular flexibility index (Phi) is 4.37. The molecule has 20 heavy (non-hydrogen) atoms. The van der Waals surface area contributed by atoms with Crippen molar-refractivity contribution in [3.63, 3.8) is 0 Å². The Balaban J connectivity index is 2.38. The van der Waals surface area contributed by atoms with E-state index in [-0.39, 0.29) is 16.5 Å². The van der Waals surface area contributed by atoms with Crippen LogP contribution in [-0.2, 0) is 4.74 Å². The maximum atomic E-state index is 11.7. The van der Waals surface area contributed by atoms with E-state index in [1.807, 2.05) is 0 Å². The van der Waals surface area contributed by atoms with Crippen molar-refractivity contribution >= 4 is 17.6 Å². The molecule has 0 unspecified atom stereocenters. The highest BCUT2D eigenvalue weighted by atomic mass is 35.5. The van der Waals surface area contributed by atoms with Gasteiger partial charge in [0.05, 0.1) is 20.4 Å². The fourth-order valence-corrected chi connectivity index (χ4v) is 1.72. The van der Waals surface area contributed by atoms with Crippen LogP contribution < -0.4 is 9.47 Å². The maximum absolute atomic E-state index is 11.7. The van der Waals surface area contributed by atoms with Gasteiger partial charge in [-0.3, -0.25) is 0 Å². The predicted octanol–water partition coefficient (Wildman–Crippen LogP) is 2.72. The molecule has 1 aromatic carbocycles. The van der Waals surface area contributed by atoms with Crippen LogP contribution in [0, 0.1) is 0 Å². The summed E-state index contributed by atoms with van der Waals surface area (Å²) in [5.41, 5.74) is 0.0204. The van der Waals surface area contributed by atoms with Crippen molar-refractivity contribution < 1.29 is 19.0 Å². The van der Waals surface area contributed by atoms with Gasteiger partial charge in [-0.2, -0.15) is 5.10 Å². The fourth-order valence-electron chi connectivity index (χ4n) is 1.50. The summed E-state index contributed by atoms with van der Waals surface area (Å²) in [6, 6.07) is 6.89. The van der Waals surface area contributed by atoms with E-state index in [0.29, 0.717) is 11.5 Å². The van der Waals surface area contributed by atoms with Crippen molar-refractivity contribution in [3.05, 3.63) is 41.2 Å². The topological polar surface area (TPSA) is 70.5 Å². The first-order valence-corrected chi connectivity index (χ1v) is 5.95. The molecule has 0 saturated heterocycles. The van der Waals surface area contributed by atoms with Crippen LogP contribution in [0.1, 0.15) is 10.4 Å². The van der Waals surface area contributed by atoms with Crippen LogP contribution >= 0.6 is 11.6 Å². The van der Waals surface area contributed by atoms with E-state index in [0.717, 1.165) is 0 Å². The molecule has 0 N–H and O–H groups in total. The Hall–Kier alpha value is -2.34. The van der Waals surface area contributed by atoms with Crippen LogP contribution in [0.25, 0.3) is 0 Å². The molecule has 2 rings (SSSR count). The number of benzene rings is 1. The average Bonchev–Trinajstić information content (AvgIpc) is 2.47. The van der Waals surface area contributed by atoms with Crippen LogP contribution in [0.4, 0.5) is 0 Å². The van der Waals surface area contributed by atoms with Gasteiger partial charge in [0, 0.05) is 6.07 Å². The minimum absolute atomic E-state index is 0.0204. The minimum Gasteiger partial charge on any atom is -0.497 e. The van der Waals surface area contributed by atoms with Crippen molar-refractivity contribution in [1.29, 1.82) is 0 Å². The van der Waals surface area contributed by atoms with Gasteiger partial charge in [-0.15, -0.1) is 5.10 Å². The number of hydrogen-bond donors (Lipinski definition) is 0. The van der Waals surface area contributed by atoms with Crippen LogP contribution in [0.15, 0.2) is 30.5 Å². The number of esters is 1. The second-order valence-corrected chi connectivity index (χ2v) is 4.01. The molecule has 0 radical (unpaired) electrons. The summed E-state index contributed by atoms with van der Waals surface area (Å²) in [5, 5.41) is 7.16. The summed E-state index contributed by atoms with van der Waals surface area (Å²) in [4.78, 5) is 11.7. The highest BCUT2D eigenvalue weighted by Gasteiger charge is 2.20. The number of carbonyl (C=O) groups is 1. The monoisotopic (exact) mass is 294 g/mol. The molecule has 2 aromatic rings. The molecule has 0 bridgehead atoms. The summed E-state index contributed by atoms with van der Waals surface area (Å²) in [6.45, 7) is 0. The van der Waals surface area contributed by atoms with Crippen LogP contribution in [0.3, 0.4) is 0 Å². The fraction of sp³-hybridized carbons (Fsp3) is 0.154. The molecule has 1 heterocycles. The van der Waals surface area contributed by atoms with Gasteiger partial charge in [0.1, 0.15) is 17.1 Å². The van der Waals surface area contributed by atoms with Crippen molar-refractivity contribution in [1.82, 2.24) is 10.2 Å². The lowest BCUT2D eigenvalue weighted by Gasteiger charge is -2.10. The number of aromatic nitrogens is 2. The molecule has 0 aliphatic carbocycles. The van der Waals surface area contributed by atoms with Gasteiger partial charge in [0.25, 0.3) is 0 Å². The van der Waals surface area contributed by atoms with Gasteiger partial charge in [-0.1, -0.05) is 17.7 Å². The number of ether oxygens (including phenoxy) is 3. The first-order chi connectivity index (χ1) is 9.65. The van der Waals surface area contributed by atoms with E-state index >= 15 is 0 Å².